The van der Waals surface area contributed by atoms with Gasteiger partial charge in [-0.2, -0.15) is 5.10 Å². The number of hydrogen-bond donors (Lipinski definition) is 2. The van der Waals surface area contributed by atoms with Gasteiger partial charge in [0.15, 0.2) is 11.4 Å². The summed E-state index contributed by atoms with van der Waals surface area (Å²) in [6.45, 7) is 3.26. The zero-order chi connectivity index (χ0) is 15.9. The fourth-order valence-corrected chi connectivity index (χ4v) is 2.55. The van der Waals surface area contributed by atoms with Gasteiger partial charge in [0.05, 0.1) is 0 Å². The highest BCUT2D eigenvalue weighted by Gasteiger charge is 2.06. The Bertz CT molecular complexity index is 681. The van der Waals surface area contributed by atoms with Crippen LogP contribution in [0.1, 0.15) is 12.7 Å². The molecule has 2 rings (SSSR count). The molecule has 2 N–H and O–H groups in total. The Morgan fingerprint density at radius 1 is 1.45 bits per heavy atom. The van der Waals surface area contributed by atoms with E-state index in [1.807, 2.05) is 35.8 Å². The molecule has 2 aromatic rings. The highest BCUT2D eigenvalue weighted by atomic mass is 127. The minimum atomic E-state index is -0.157. The standard InChI is InChI=1S/C14H17IN4O2S/c1-2-19-12(17-18-14(19)22)7-8-16-13(20)9-21-11-5-3-10(15)4-6-11/h3-6H,2,7-9H2,1H3,(H,16,20)(H,18,22). The minimum absolute atomic E-state index is 0.00121. The first-order chi connectivity index (χ1) is 10.6. The second-order valence-corrected chi connectivity index (χ2v) is 6.16. The summed E-state index contributed by atoms with van der Waals surface area (Å²) in [5, 5.41) is 9.71. The number of carbonyl (C=O) groups is 1. The number of nitrogens with one attached hydrogen (secondary N) is 2. The maximum Gasteiger partial charge on any atom is 0.257 e. The van der Waals surface area contributed by atoms with Crippen LogP contribution in [-0.2, 0) is 17.8 Å². The van der Waals surface area contributed by atoms with Gasteiger partial charge in [-0.3, -0.25) is 9.89 Å². The van der Waals surface area contributed by atoms with Gasteiger partial charge in [0.1, 0.15) is 11.6 Å². The lowest BCUT2D eigenvalue weighted by Crippen LogP contribution is -2.31. The normalized spacial score (nSPS) is 10.5. The molecular weight excluding hydrogens is 415 g/mol. The number of benzene rings is 1. The summed E-state index contributed by atoms with van der Waals surface area (Å²) < 4.78 is 9.05. The number of amides is 1. The van der Waals surface area contributed by atoms with Crippen LogP contribution in [0.3, 0.4) is 0 Å². The molecular formula is C14H17IN4O2S. The molecule has 0 aliphatic carbocycles. The maximum atomic E-state index is 11.7. The molecule has 0 unspecified atom stereocenters. The van der Waals surface area contributed by atoms with E-state index in [-0.39, 0.29) is 12.5 Å². The van der Waals surface area contributed by atoms with Crippen molar-refractivity contribution in [3.63, 3.8) is 0 Å². The second-order valence-electron chi connectivity index (χ2n) is 4.53. The zero-order valence-corrected chi connectivity index (χ0v) is 15.1. The number of nitrogens with zero attached hydrogens (tertiary/aromatic N) is 2. The molecule has 118 valence electrons. The summed E-state index contributed by atoms with van der Waals surface area (Å²) in [4.78, 5) is 11.7. The van der Waals surface area contributed by atoms with Gasteiger partial charge in [-0.15, -0.1) is 0 Å². The van der Waals surface area contributed by atoms with Gasteiger partial charge < -0.3 is 14.6 Å². The summed E-state index contributed by atoms with van der Waals surface area (Å²) in [5.74, 6) is 1.37. The average molecular weight is 432 g/mol. The van der Waals surface area contributed by atoms with Crippen LogP contribution in [-0.4, -0.2) is 33.8 Å². The Hall–Kier alpha value is -1.42. The van der Waals surface area contributed by atoms with Crippen LogP contribution in [0.4, 0.5) is 0 Å². The van der Waals surface area contributed by atoms with E-state index < -0.39 is 0 Å². The number of rotatable bonds is 7. The number of aromatic amines is 1. The van der Waals surface area contributed by atoms with Crippen LogP contribution in [0.5, 0.6) is 5.75 Å². The summed E-state index contributed by atoms with van der Waals surface area (Å²) in [5.41, 5.74) is 0. The number of aromatic nitrogens is 3. The van der Waals surface area contributed by atoms with Crippen LogP contribution >= 0.6 is 34.8 Å². The van der Waals surface area contributed by atoms with Gasteiger partial charge in [-0.25, -0.2) is 0 Å². The van der Waals surface area contributed by atoms with E-state index in [0.29, 0.717) is 23.5 Å². The van der Waals surface area contributed by atoms with Gasteiger partial charge in [0.25, 0.3) is 5.91 Å². The molecule has 8 heteroatoms. The van der Waals surface area contributed by atoms with Gasteiger partial charge >= 0.3 is 0 Å². The summed E-state index contributed by atoms with van der Waals surface area (Å²) in [6, 6.07) is 7.55. The SMILES string of the molecule is CCn1c(CCNC(=O)COc2ccc(I)cc2)n[nH]c1=S. The largest absolute Gasteiger partial charge is 0.484 e. The number of halogens is 1. The van der Waals surface area contributed by atoms with E-state index >= 15 is 0 Å². The Morgan fingerprint density at radius 3 is 2.86 bits per heavy atom. The average Bonchev–Trinajstić information content (AvgIpc) is 2.87. The predicted octanol–water partition coefficient (Wildman–Crippen LogP) is 2.30. The molecule has 1 heterocycles. The van der Waals surface area contributed by atoms with Crippen molar-refractivity contribution in [3.05, 3.63) is 38.4 Å². The van der Waals surface area contributed by atoms with Crippen LogP contribution in [0, 0.1) is 8.34 Å². The third-order valence-corrected chi connectivity index (χ3v) is 4.04. The van der Waals surface area contributed by atoms with E-state index in [0.717, 1.165) is 15.9 Å². The third kappa shape index (κ3) is 4.80. The van der Waals surface area contributed by atoms with E-state index in [1.165, 1.54) is 0 Å². The minimum Gasteiger partial charge on any atom is -0.484 e. The van der Waals surface area contributed by atoms with Crippen molar-refractivity contribution >= 4 is 40.7 Å². The van der Waals surface area contributed by atoms with Crippen LogP contribution in [0.15, 0.2) is 24.3 Å². The first kappa shape index (κ1) is 16.9. The van der Waals surface area contributed by atoms with Gasteiger partial charge in [-0.1, -0.05) is 0 Å². The number of hydrogen-bond acceptors (Lipinski definition) is 4. The molecule has 0 spiro atoms. The molecule has 0 saturated heterocycles. The number of H-pyrrole nitrogens is 1. The van der Waals surface area contributed by atoms with Gasteiger partial charge in [0.2, 0.25) is 0 Å². The van der Waals surface area contributed by atoms with Crippen LogP contribution in [0.25, 0.3) is 0 Å². The van der Waals surface area contributed by atoms with Crippen molar-refractivity contribution in [2.24, 2.45) is 0 Å². The third-order valence-electron chi connectivity index (χ3n) is 3.01. The Morgan fingerprint density at radius 2 is 2.18 bits per heavy atom. The lowest BCUT2D eigenvalue weighted by atomic mass is 10.3. The zero-order valence-electron chi connectivity index (χ0n) is 12.1. The molecule has 22 heavy (non-hydrogen) atoms. The first-order valence-corrected chi connectivity index (χ1v) is 8.38. The molecule has 0 aliphatic rings. The van der Waals surface area contributed by atoms with E-state index in [4.69, 9.17) is 17.0 Å². The van der Waals surface area contributed by atoms with Crippen molar-refractivity contribution in [2.75, 3.05) is 13.2 Å². The van der Waals surface area contributed by atoms with E-state index in [9.17, 15) is 4.79 Å². The first-order valence-electron chi connectivity index (χ1n) is 6.89. The lowest BCUT2D eigenvalue weighted by molar-refractivity contribution is -0.123. The molecule has 0 bridgehead atoms. The van der Waals surface area contributed by atoms with Crippen molar-refractivity contribution < 1.29 is 9.53 Å². The Kier molecular flexibility index (Phi) is 6.37. The molecule has 6 nitrogen and oxygen atoms in total. The highest BCUT2D eigenvalue weighted by Crippen LogP contribution is 2.13. The second kappa shape index (κ2) is 8.28. The van der Waals surface area contributed by atoms with E-state index in [1.54, 1.807) is 0 Å². The van der Waals surface area contributed by atoms with E-state index in [2.05, 4.69) is 38.1 Å². The Labute approximate surface area is 147 Å². The molecule has 0 radical (unpaired) electrons. The Balaban J connectivity index is 1.73. The highest BCUT2D eigenvalue weighted by molar-refractivity contribution is 14.1. The quantitative estimate of drug-likeness (QED) is 0.521. The smallest absolute Gasteiger partial charge is 0.257 e. The molecule has 0 saturated carbocycles. The molecule has 0 aliphatic heterocycles. The van der Waals surface area contributed by atoms with Crippen molar-refractivity contribution in [3.8, 4) is 5.75 Å². The lowest BCUT2D eigenvalue weighted by Gasteiger charge is -2.08. The van der Waals surface area contributed by atoms with Crippen molar-refractivity contribution in [1.82, 2.24) is 20.1 Å². The van der Waals surface area contributed by atoms with Gasteiger partial charge in [0, 0.05) is 23.1 Å². The summed E-state index contributed by atoms with van der Waals surface area (Å²) >= 11 is 7.33. The molecule has 1 aromatic heterocycles. The van der Waals surface area contributed by atoms with Crippen LogP contribution in [0.2, 0.25) is 0 Å². The topological polar surface area (TPSA) is 71.9 Å². The number of ether oxygens (including phenoxy) is 1. The van der Waals surface area contributed by atoms with Crippen molar-refractivity contribution in [1.29, 1.82) is 0 Å². The summed E-state index contributed by atoms with van der Waals surface area (Å²) in [6.07, 6.45) is 0.621. The van der Waals surface area contributed by atoms with Gasteiger partial charge in [-0.05, 0) is 66.0 Å². The molecule has 0 atom stereocenters. The molecule has 1 amide bonds. The monoisotopic (exact) mass is 432 g/mol. The summed E-state index contributed by atoms with van der Waals surface area (Å²) in [7, 11) is 0. The molecule has 0 fully saturated rings. The van der Waals surface area contributed by atoms with Crippen LogP contribution < -0.4 is 10.1 Å². The maximum absolute atomic E-state index is 11.7. The fraction of sp³-hybridized carbons (Fsp3) is 0.357. The predicted molar refractivity (Wildman–Crippen MR) is 94.5 cm³/mol. The van der Waals surface area contributed by atoms with Crippen molar-refractivity contribution in [2.45, 2.75) is 19.9 Å². The molecule has 1 aromatic carbocycles. The number of carbonyl (C=O) groups excluding carboxylic acids is 1. The fourth-order valence-electron chi connectivity index (χ4n) is 1.91.